The Balaban J connectivity index is 0. The Morgan fingerprint density at radius 1 is 0.617 bits per heavy atom. The summed E-state index contributed by atoms with van der Waals surface area (Å²) in [5.41, 5.74) is 8.58. The maximum Gasteiger partial charge on any atom is 0.269 e. The molecule has 0 spiro atoms. The molecule has 0 unspecified atom stereocenters. The molecule has 0 fully saturated rings. The molecule has 0 bridgehead atoms. The number of aryl methyl sites for hydroxylation is 2. The van der Waals surface area contributed by atoms with Gasteiger partial charge in [-0.25, -0.2) is 0 Å². The van der Waals surface area contributed by atoms with E-state index in [1.165, 1.54) is 24.3 Å². The van der Waals surface area contributed by atoms with Gasteiger partial charge in [-0.2, -0.15) is 5.21 Å². The molecule has 3 heterocycles. The van der Waals surface area contributed by atoms with Crippen LogP contribution in [0.3, 0.4) is 0 Å². The largest absolute Gasteiger partial charge is 0.421 e. The normalized spacial score (nSPS) is 9.06. The van der Waals surface area contributed by atoms with Gasteiger partial charge in [0.05, 0.1) is 9.85 Å². The number of hydrogen-bond acceptors (Lipinski definition) is 14. The van der Waals surface area contributed by atoms with Crippen LogP contribution in [0.1, 0.15) is 41.5 Å². The van der Waals surface area contributed by atoms with Gasteiger partial charge >= 0.3 is 0 Å². The number of hydrogen-bond donors (Lipinski definition) is 2. The van der Waals surface area contributed by atoms with E-state index in [0.717, 1.165) is 11.3 Å². The molecule has 0 atom stereocenters. The maximum atomic E-state index is 10.4. The summed E-state index contributed by atoms with van der Waals surface area (Å²) in [5.74, 6) is 2.33. The van der Waals surface area contributed by atoms with Crippen molar-refractivity contribution in [3.05, 3.63) is 105 Å². The molecule has 0 radical (unpaired) electrons. The van der Waals surface area contributed by atoms with Crippen molar-refractivity contribution in [3.63, 3.8) is 0 Å². The summed E-state index contributed by atoms with van der Waals surface area (Å²) in [4.78, 5) is 19.8. The van der Waals surface area contributed by atoms with E-state index < -0.39 is 9.85 Å². The molecule has 6 aromatic rings. The van der Waals surface area contributed by atoms with Crippen LogP contribution >= 0.6 is 0 Å². The zero-order valence-corrected chi connectivity index (χ0v) is 23.4. The number of nitro benzene ring substituents is 2. The van der Waals surface area contributed by atoms with Crippen molar-refractivity contribution < 1.29 is 35.7 Å². The third-order valence-electron chi connectivity index (χ3n) is 5.22. The Kier molecular flexibility index (Phi) is 18.6. The molecule has 3 N–H and O–H groups in total. The zero-order chi connectivity index (χ0) is 30.1. The van der Waals surface area contributed by atoms with Crippen LogP contribution < -0.4 is 5.73 Å². The molecule has 0 saturated heterocycles. The van der Waals surface area contributed by atoms with E-state index in [9.17, 15) is 20.2 Å². The summed E-state index contributed by atoms with van der Waals surface area (Å²) in [7, 11) is 0. The Morgan fingerprint density at radius 2 is 1.00 bits per heavy atom. The quantitative estimate of drug-likeness (QED) is 0.0808. The second kappa shape index (κ2) is 20.2. The molecular formula is C29H37FeN11O6. The molecule has 0 saturated carbocycles. The molecule has 6 rings (SSSR count). The summed E-state index contributed by atoms with van der Waals surface area (Å²) < 4.78 is 10.4. The van der Waals surface area contributed by atoms with Crippen LogP contribution in [0.4, 0.5) is 17.1 Å². The van der Waals surface area contributed by atoms with E-state index in [-0.39, 0.29) is 58.2 Å². The first-order valence-corrected chi connectivity index (χ1v) is 11.9. The van der Waals surface area contributed by atoms with Crippen LogP contribution in [0.5, 0.6) is 0 Å². The molecule has 3 aromatic carbocycles. The van der Waals surface area contributed by atoms with Gasteiger partial charge in [-0.15, -0.1) is 30.6 Å². The van der Waals surface area contributed by atoms with Crippen molar-refractivity contribution in [2.75, 3.05) is 5.73 Å². The molecule has 0 aliphatic heterocycles. The van der Waals surface area contributed by atoms with Gasteiger partial charge in [0, 0.05) is 77.6 Å². The fourth-order valence-electron chi connectivity index (χ4n) is 3.19. The van der Waals surface area contributed by atoms with Gasteiger partial charge in [-0.1, -0.05) is 29.7 Å². The Bertz CT molecular complexity index is 1760. The number of rotatable bonds is 5. The van der Waals surface area contributed by atoms with Gasteiger partial charge < -0.3 is 14.6 Å². The first kappa shape index (κ1) is 43.3. The monoisotopic (exact) mass is 691 g/mol. The van der Waals surface area contributed by atoms with Crippen LogP contribution in [-0.2, 0) is 17.1 Å². The molecule has 0 aliphatic rings. The Labute approximate surface area is 281 Å². The molecule has 18 heteroatoms. The number of aromatic amines is 1. The van der Waals surface area contributed by atoms with E-state index >= 15 is 0 Å². The second-order valence-electron chi connectivity index (χ2n) is 8.22. The first-order chi connectivity index (χ1) is 20.2. The minimum atomic E-state index is -0.458. The minimum absolute atomic E-state index is 0. The van der Waals surface area contributed by atoms with E-state index in [2.05, 4.69) is 41.0 Å². The maximum absolute atomic E-state index is 10.4. The van der Waals surface area contributed by atoms with Crippen molar-refractivity contribution in [1.29, 1.82) is 0 Å². The summed E-state index contributed by atoms with van der Waals surface area (Å²) >= 11 is 0. The van der Waals surface area contributed by atoms with Crippen LogP contribution in [0, 0.1) is 34.1 Å². The average molecular weight is 692 g/mol. The van der Waals surface area contributed by atoms with Crippen molar-refractivity contribution in [3.8, 4) is 34.3 Å². The van der Waals surface area contributed by atoms with Crippen LogP contribution in [0.25, 0.3) is 34.3 Å². The number of non-ortho nitro benzene ring substituents is 2. The van der Waals surface area contributed by atoms with Crippen LogP contribution in [0.2, 0.25) is 0 Å². The average Bonchev–Trinajstić information content (AvgIpc) is 3.77. The zero-order valence-electron chi connectivity index (χ0n) is 22.3. The third-order valence-corrected chi connectivity index (χ3v) is 5.22. The van der Waals surface area contributed by atoms with Gasteiger partial charge in [0.1, 0.15) is 0 Å². The number of nitro groups is 2. The molecule has 0 aliphatic carbocycles. The van der Waals surface area contributed by atoms with E-state index in [4.69, 9.17) is 14.6 Å². The Hall–Kier alpha value is -5.87. The van der Waals surface area contributed by atoms with E-state index in [0.29, 0.717) is 40.5 Å². The molecule has 47 heavy (non-hydrogen) atoms. The predicted octanol–water partition coefficient (Wildman–Crippen LogP) is 6.90. The van der Waals surface area contributed by atoms with E-state index in [1.54, 1.807) is 50.2 Å². The van der Waals surface area contributed by atoms with Gasteiger partial charge in [-0.3, -0.25) is 20.2 Å². The summed E-state index contributed by atoms with van der Waals surface area (Å²) in [6.45, 7) is 3.44. The number of nitrogens with one attached hydrogen (secondary N) is 1. The molecule has 252 valence electrons. The molecular weight excluding hydrogens is 654 g/mol. The SMILES string of the molecule is C.C.C.C.Cc1nnc(-c2ccc(N)cc2)o1.Cc1nnc(-c2ccc([N+](=O)[O-])cc2)o1.O=[N+]([O-])c1ccc(-c2nn[nH]n2)cc1.[Fe]. The molecule has 3 aromatic heterocycles. The van der Waals surface area contributed by atoms with Gasteiger partial charge in [-0.05, 0) is 53.7 Å². The molecule has 17 nitrogen and oxygen atoms in total. The third kappa shape index (κ3) is 12.2. The summed E-state index contributed by atoms with van der Waals surface area (Å²) in [6, 6.07) is 19.2. The number of tetrazole rings is 1. The van der Waals surface area contributed by atoms with Crippen molar-refractivity contribution >= 4 is 17.1 Å². The van der Waals surface area contributed by atoms with Gasteiger partial charge in [0.15, 0.2) is 0 Å². The van der Waals surface area contributed by atoms with Crippen LogP contribution in [-0.4, -0.2) is 50.9 Å². The van der Waals surface area contributed by atoms with E-state index in [1.807, 2.05) is 12.1 Å². The number of aromatic nitrogens is 8. The number of nitrogens with two attached hydrogens (primary N) is 1. The molecule has 0 amide bonds. The number of nitrogens with zero attached hydrogens (tertiary/aromatic N) is 9. The predicted molar refractivity (Wildman–Crippen MR) is 173 cm³/mol. The topological polar surface area (TPSA) is 245 Å². The second-order valence-corrected chi connectivity index (χ2v) is 8.22. The van der Waals surface area contributed by atoms with Crippen LogP contribution in [0.15, 0.2) is 81.6 Å². The fourth-order valence-corrected chi connectivity index (χ4v) is 3.19. The van der Waals surface area contributed by atoms with Gasteiger partial charge in [0.25, 0.3) is 11.4 Å². The number of nitrogen functional groups attached to an aromatic ring is 1. The fraction of sp³-hybridized carbons (Fsp3) is 0.207. The number of benzene rings is 3. The van der Waals surface area contributed by atoms with Crippen molar-refractivity contribution in [2.45, 2.75) is 43.6 Å². The summed E-state index contributed by atoms with van der Waals surface area (Å²) in [5, 5.41) is 49.0. The van der Waals surface area contributed by atoms with Gasteiger partial charge in [0.2, 0.25) is 29.4 Å². The van der Waals surface area contributed by atoms with Crippen molar-refractivity contribution in [2.24, 2.45) is 0 Å². The number of anilines is 1. The number of H-pyrrole nitrogens is 1. The minimum Gasteiger partial charge on any atom is -0.421 e. The smallest absolute Gasteiger partial charge is 0.269 e. The summed E-state index contributed by atoms with van der Waals surface area (Å²) in [6.07, 6.45) is 0. The standard InChI is InChI=1S/C9H7N3O3.C9H9N3O.C7H5N5O2.4CH4.Fe/c1-6-10-11-9(15-6)7-2-4-8(5-3-7)12(13)14;1-6-11-12-9(13-6)7-2-4-8(10)5-3-7;13-12(14)6-3-1-5(2-4-6)7-8-10-11-9-7;;;;;/h2-5H,1H3;2-5H,10H2,1H3;1-4H,(H,8,9,10,11);4*1H4;. The van der Waals surface area contributed by atoms with Crippen molar-refractivity contribution in [1.82, 2.24) is 41.0 Å². The first-order valence-electron chi connectivity index (χ1n) is 11.9. The Morgan fingerprint density at radius 3 is 1.32 bits per heavy atom.